The van der Waals surface area contributed by atoms with E-state index >= 15 is 0 Å². The van der Waals surface area contributed by atoms with Crippen LogP contribution in [0.1, 0.15) is 30.0 Å². The number of hydrogen-bond donors (Lipinski definition) is 1. The Morgan fingerprint density at radius 2 is 1.79 bits per heavy atom. The van der Waals surface area contributed by atoms with Crippen molar-refractivity contribution in [3.05, 3.63) is 59.2 Å². The Labute approximate surface area is 142 Å². The van der Waals surface area contributed by atoms with Crippen LogP contribution in [-0.2, 0) is 16.0 Å². The third kappa shape index (κ3) is 2.92. The Balaban J connectivity index is 1.82. The summed E-state index contributed by atoms with van der Waals surface area (Å²) < 4.78 is 0. The summed E-state index contributed by atoms with van der Waals surface area (Å²) in [7, 11) is 0. The molecule has 2 aromatic carbocycles. The smallest absolute Gasteiger partial charge is 0.256 e. The van der Waals surface area contributed by atoms with Crippen molar-refractivity contribution >= 4 is 23.2 Å². The van der Waals surface area contributed by atoms with Gasteiger partial charge in [-0.1, -0.05) is 31.2 Å². The molecule has 1 aliphatic heterocycles. The minimum absolute atomic E-state index is 0.156. The quantitative estimate of drug-likeness (QED) is 0.875. The first-order chi connectivity index (χ1) is 11.5. The molecule has 0 spiro atoms. The molecular formula is C20H22N2O2. The van der Waals surface area contributed by atoms with E-state index in [9.17, 15) is 9.59 Å². The van der Waals surface area contributed by atoms with Crippen LogP contribution >= 0.6 is 0 Å². The number of nitrogens with zero attached hydrogens (tertiary/aromatic N) is 1. The fourth-order valence-corrected chi connectivity index (χ4v) is 3.01. The SMILES string of the molecule is CCc1ccc(NC2CC(=O)N(c3cccc(C)c3C)C2=O)cc1. The van der Waals surface area contributed by atoms with Gasteiger partial charge in [0.2, 0.25) is 5.91 Å². The topological polar surface area (TPSA) is 49.4 Å². The van der Waals surface area contributed by atoms with Crippen molar-refractivity contribution < 1.29 is 9.59 Å². The van der Waals surface area contributed by atoms with Gasteiger partial charge in [0.15, 0.2) is 0 Å². The standard InChI is InChI=1S/C20H22N2O2/c1-4-15-8-10-16(11-9-15)21-17-12-19(23)22(20(17)24)18-7-5-6-13(2)14(18)3/h5-11,17,21H,4,12H2,1-3H3. The Kier molecular flexibility index (Phi) is 4.38. The summed E-state index contributed by atoms with van der Waals surface area (Å²) in [5.74, 6) is -0.343. The summed E-state index contributed by atoms with van der Waals surface area (Å²) in [5, 5.41) is 3.19. The number of imide groups is 1. The number of carbonyl (C=O) groups is 2. The predicted octanol–water partition coefficient (Wildman–Crippen LogP) is 3.61. The normalized spacial score (nSPS) is 17.5. The average molecular weight is 322 g/mol. The molecule has 124 valence electrons. The minimum Gasteiger partial charge on any atom is -0.373 e. The zero-order chi connectivity index (χ0) is 17.3. The van der Waals surface area contributed by atoms with Gasteiger partial charge >= 0.3 is 0 Å². The van der Waals surface area contributed by atoms with E-state index < -0.39 is 6.04 Å². The van der Waals surface area contributed by atoms with Crippen molar-refractivity contribution in [1.82, 2.24) is 0 Å². The number of rotatable bonds is 4. The maximum atomic E-state index is 12.7. The predicted molar refractivity (Wildman–Crippen MR) is 96.3 cm³/mol. The van der Waals surface area contributed by atoms with Gasteiger partial charge in [-0.25, -0.2) is 4.90 Å². The second-order valence-electron chi connectivity index (χ2n) is 6.24. The Morgan fingerprint density at radius 3 is 2.46 bits per heavy atom. The Morgan fingerprint density at radius 1 is 1.08 bits per heavy atom. The van der Waals surface area contributed by atoms with E-state index in [0.29, 0.717) is 5.69 Å². The van der Waals surface area contributed by atoms with Crippen molar-refractivity contribution in [2.24, 2.45) is 0 Å². The van der Waals surface area contributed by atoms with Crippen LogP contribution in [0, 0.1) is 13.8 Å². The summed E-state index contributed by atoms with van der Waals surface area (Å²) in [5.41, 5.74) is 4.83. The molecule has 1 N–H and O–H groups in total. The second kappa shape index (κ2) is 6.48. The molecule has 2 aromatic rings. The van der Waals surface area contributed by atoms with Gasteiger partial charge in [0, 0.05) is 5.69 Å². The molecule has 1 heterocycles. The Hall–Kier alpha value is -2.62. The molecule has 4 heteroatoms. The van der Waals surface area contributed by atoms with Crippen molar-refractivity contribution in [3.8, 4) is 0 Å². The van der Waals surface area contributed by atoms with Gasteiger partial charge in [0.05, 0.1) is 12.1 Å². The molecule has 1 atom stereocenters. The minimum atomic E-state index is -0.509. The average Bonchev–Trinajstić information content (AvgIpc) is 2.85. The lowest BCUT2D eigenvalue weighted by molar-refractivity contribution is -0.121. The van der Waals surface area contributed by atoms with Crippen molar-refractivity contribution in [1.29, 1.82) is 0 Å². The first-order valence-electron chi connectivity index (χ1n) is 8.29. The molecular weight excluding hydrogens is 300 g/mol. The molecule has 2 amide bonds. The number of nitrogens with one attached hydrogen (secondary N) is 1. The van der Waals surface area contributed by atoms with Crippen LogP contribution in [0.5, 0.6) is 0 Å². The van der Waals surface area contributed by atoms with Crippen molar-refractivity contribution in [2.45, 2.75) is 39.7 Å². The summed E-state index contributed by atoms with van der Waals surface area (Å²) >= 11 is 0. The number of anilines is 2. The summed E-state index contributed by atoms with van der Waals surface area (Å²) in [6.07, 6.45) is 1.16. The zero-order valence-electron chi connectivity index (χ0n) is 14.3. The molecule has 0 aromatic heterocycles. The molecule has 1 unspecified atom stereocenters. The molecule has 24 heavy (non-hydrogen) atoms. The van der Waals surface area contributed by atoms with Crippen LogP contribution < -0.4 is 10.2 Å². The summed E-state index contributed by atoms with van der Waals surface area (Å²) in [6.45, 7) is 6.02. The van der Waals surface area contributed by atoms with E-state index in [0.717, 1.165) is 23.2 Å². The fraction of sp³-hybridized carbons (Fsp3) is 0.300. The molecule has 1 fully saturated rings. The third-order valence-electron chi connectivity index (χ3n) is 4.67. The lowest BCUT2D eigenvalue weighted by Gasteiger charge is -2.19. The van der Waals surface area contributed by atoms with E-state index in [1.807, 2.05) is 56.3 Å². The fourth-order valence-electron chi connectivity index (χ4n) is 3.01. The van der Waals surface area contributed by atoms with Crippen LogP contribution in [0.25, 0.3) is 0 Å². The van der Waals surface area contributed by atoms with E-state index in [1.54, 1.807) is 0 Å². The summed E-state index contributed by atoms with van der Waals surface area (Å²) in [6, 6.07) is 13.2. The molecule has 0 saturated carbocycles. The number of hydrogen-bond acceptors (Lipinski definition) is 3. The van der Waals surface area contributed by atoms with Crippen LogP contribution in [0.3, 0.4) is 0 Å². The van der Waals surface area contributed by atoms with Crippen LogP contribution in [0.2, 0.25) is 0 Å². The molecule has 4 nitrogen and oxygen atoms in total. The number of benzene rings is 2. The first-order valence-corrected chi connectivity index (χ1v) is 8.29. The highest BCUT2D eigenvalue weighted by molar-refractivity contribution is 6.23. The van der Waals surface area contributed by atoms with E-state index in [1.165, 1.54) is 10.5 Å². The van der Waals surface area contributed by atoms with E-state index in [-0.39, 0.29) is 18.2 Å². The Bertz CT molecular complexity index is 781. The largest absolute Gasteiger partial charge is 0.373 e. The maximum Gasteiger partial charge on any atom is 0.256 e. The highest BCUT2D eigenvalue weighted by atomic mass is 16.2. The number of amides is 2. The van der Waals surface area contributed by atoms with E-state index in [4.69, 9.17) is 0 Å². The molecule has 0 radical (unpaired) electrons. The lowest BCUT2D eigenvalue weighted by atomic mass is 10.1. The lowest BCUT2D eigenvalue weighted by Crippen LogP contribution is -2.35. The van der Waals surface area contributed by atoms with Gasteiger partial charge in [0.25, 0.3) is 5.91 Å². The van der Waals surface area contributed by atoms with Crippen molar-refractivity contribution in [3.63, 3.8) is 0 Å². The van der Waals surface area contributed by atoms with Gasteiger partial charge in [-0.2, -0.15) is 0 Å². The molecule has 1 aliphatic rings. The second-order valence-corrected chi connectivity index (χ2v) is 6.24. The number of carbonyl (C=O) groups excluding carboxylic acids is 2. The van der Waals surface area contributed by atoms with Gasteiger partial charge in [-0.15, -0.1) is 0 Å². The van der Waals surface area contributed by atoms with Gasteiger partial charge in [-0.05, 0) is 55.2 Å². The first kappa shape index (κ1) is 16.2. The monoisotopic (exact) mass is 322 g/mol. The van der Waals surface area contributed by atoms with Gasteiger partial charge in [0.1, 0.15) is 6.04 Å². The van der Waals surface area contributed by atoms with Crippen LogP contribution in [0.15, 0.2) is 42.5 Å². The van der Waals surface area contributed by atoms with E-state index in [2.05, 4.69) is 12.2 Å². The molecule has 0 aliphatic carbocycles. The maximum absolute atomic E-state index is 12.7. The highest BCUT2D eigenvalue weighted by Gasteiger charge is 2.40. The van der Waals surface area contributed by atoms with Crippen molar-refractivity contribution in [2.75, 3.05) is 10.2 Å². The van der Waals surface area contributed by atoms with Gasteiger partial charge in [-0.3, -0.25) is 9.59 Å². The molecule has 3 rings (SSSR count). The summed E-state index contributed by atoms with van der Waals surface area (Å²) in [4.78, 5) is 26.5. The van der Waals surface area contributed by atoms with Gasteiger partial charge < -0.3 is 5.32 Å². The van der Waals surface area contributed by atoms with Crippen LogP contribution in [0.4, 0.5) is 11.4 Å². The van der Waals surface area contributed by atoms with Crippen LogP contribution in [-0.4, -0.2) is 17.9 Å². The number of aryl methyl sites for hydroxylation is 2. The molecule has 1 saturated heterocycles. The highest BCUT2D eigenvalue weighted by Crippen LogP contribution is 2.29. The third-order valence-corrected chi connectivity index (χ3v) is 4.67. The molecule has 0 bridgehead atoms. The zero-order valence-corrected chi connectivity index (χ0v) is 14.3.